The molecule has 1 atom stereocenters. The van der Waals surface area contributed by atoms with Gasteiger partial charge in [0.25, 0.3) is 0 Å². The van der Waals surface area contributed by atoms with Gasteiger partial charge in [-0.2, -0.15) is 5.26 Å². The number of rotatable bonds is 7. The number of halogens is 1. The van der Waals surface area contributed by atoms with E-state index in [2.05, 4.69) is 12.2 Å². The smallest absolute Gasteiger partial charge is 0.224 e. The van der Waals surface area contributed by atoms with Gasteiger partial charge in [0.15, 0.2) is 0 Å². The van der Waals surface area contributed by atoms with Gasteiger partial charge in [0.1, 0.15) is 6.07 Å². The molecule has 20 heavy (non-hydrogen) atoms. The zero-order valence-corrected chi connectivity index (χ0v) is 12.4. The fourth-order valence-corrected chi connectivity index (χ4v) is 2.20. The largest absolute Gasteiger partial charge is 0.330 e. The Balaban J connectivity index is 2.52. The number of nitrogens with two attached hydrogens (primary N) is 1. The van der Waals surface area contributed by atoms with E-state index in [0.717, 1.165) is 19.3 Å². The lowest BCUT2D eigenvalue weighted by atomic mass is 9.96. The molecule has 0 saturated heterocycles. The summed E-state index contributed by atoms with van der Waals surface area (Å²) in [5.41, 5.74) is 6.50. The Kier molecular flexibility index (Phi) is 7.06. The third-order valence-electron chi connectivity index (χ3n) is 3.30. The van der Waals surface area contributed by atoms with Gasteiger partial charge >= 0.3 is 0 Å². The molecule has 0 heterocycles. The molecule has 1 unspecified atom stereocenters. The lowest BCUT2D eigenvalue weighted by Gasteiger charge is -2.13. The van der Waals surface area contributed by atoms with Crippen LogP contribution < -0.4 is 11.1 Å². The Morgan fingerprint density at radius 2 is 2.25 bits per heavy atom. The van der Waals surface area contributed by atoms with Gasteiger partial charge < -0.3 is 11.1 Å². The molecule has 1 aromatic carbocycles. The SMILES string of the molecule is CCC(CCN)CCC(=O)Nc1ccc(Cl)c(C#N)c1. The Bertz CT molecular complexity index is 496. The van der Waals surface area contributed by atoms with Crippen molar-refractivity contribution in [2.45, 2.75) is 32.6 Å². The van der Waals surface area contributed by atoms with Crippen molar-refractivity contribution in [1.29, 1.82) is 5.26 Å². The third-order valence-corrected chi connectivity index (χ3v) is 3.63. The van der Waals surface area contributed by atoms with Crippen LogP contribution in [0.25, 0.3) is 0 Å². The van der Waals surface area contributed by atoms with Crippen LogP contribution in [0.2, 0.25) is 5.02 Å². The van der Waals surface area contributed by atoms with Gasteiger partial charge in [0.05, 0.1) is 10.6 Å². The normalized spacial score (nSPS) is 11.7. The molecule has 3 N–H and O–H groups in total. The summed E-state index contributed by atoms with van der Waals surface area (Å²) in [5.74, 6) is 0.442. The first-order chi connectivity index (χ1) is 9.60. The van der Waals surface area contributed by atoms with E-state index in [1.807, 2.05) is 6.07 Å². The second-order valence-electron chi connectivity index (χ2n) is 4.74. The maximum atomic E-state index is 11.9. The first-order valence-electron chi connectivity index (χ1n) is 6.80. The minimum atomic E-state index is -0.0494. The Morgan fingerprint density at radius 3 is 2.85 bits per heavy atom. The summed E-state index contributed by atoms with van der Waals surface area (Å²) in [5, 5.41) is 12.1. The van der Waals surface area contributed by atoms with Gasteiger partial charge in [-0.3, -0.25) is 4.79 Å². The van der Waals surface area contributed by atoms with Crippen LogP contribution >= 0.6 is 11.6 Å². The second kappa shape index (κ2) is 8.57. The van der Waals surface area contributed by atoms with Crippen LogP contribution in [0.15, 0.2) is 18.2 Å². The van der Waals surface area contributed by atoms with Crippen LogP contribution in [0.5, 0.6) is 0 Å². The van der Waals surface area contributed by atoms with Gasteiger partial charge in [-0.1, -0.05) is 24.9 Å². The summed E-state index contributed by atoms with van der Waals surface area (Å²) in [4.78, 5) is 11.9. The van der Waals surface area contributed by atoms with Gasteiger partial charge in [0.2, 0.25) is 5.91 Å². The van der Waals surface area contributed by atoms with Crippen LogP contribution in [-0.2, 0) is 4.79 Å². The third kappa shape index (κ3) is 5.20. The van der Waals surface area contributed by atoms with Crippen LogP contribution in [-0.4, -0.2) is 12.5 Å². The van der Waals surface area contributed by atoms with Crippen LogP contribution in [0, 0.1) is 17.2 Å². The number of amides is 1. The van der Waals surface area contributed by atoms with E-state index >= 15 is 0 Å². The highest BCUT2D eigenvalue weighted by molar-refractivity contribution is 6.31. The van der Waals surface area contributed by atoms with Gasteiger partial charge in [-0.15, -0.1) is 0 Å². The molecular weight excluding hydrogens is 274 g/mol. The van der Waals surface area contributed by atoms with E-state index in [9.17, 15) is 4.79 Å². The average Bonchev–Trinajstić information content (AvgIpc) is 2.45. The lowest BCUT2D eigenvalue weighted by molar-refractivity contribution is -0.116. The predicted octanol–water partition coefficient (Wildman–Crippen LogP) is 3.31. The van der Waals surface area contributed by atoms with Crippen molar-refractivity contribution in [3.8, 4) is 6.07 Å². The van der Waals surface area contributed by atoms with Crippen molar-refractivity contribution in [3.05, 3.63) is 28.8 Å². The first-order valence-corrected chi connectivity index (χ1v) is 7.18. The molecule has 4 nitrogen and oxygen atoms in total. The Hall–Kier alpha value is -1.57. The van der Waals surface area contributed by atoms with E-state index in [-0.39, 0.29) is 5.91 Å². The number of benzene rings is 1. The first kappa shape index (κ1) is 16.5. The van der Waals surface area contributed by atoms with Crippen molar-refractivity contribution < 1.29 is 4.79 Å². The van der Waals surface area contributed by atoms with Crippen LogP contribution in [0.1, 0.15) is 38.2 Å². The average molecular weight is 294 g/mol. The van der Waals surface area contributed by atoms with Crippen LogP contribution in [0.3, 0.4) is 0 Å². The van der Waals surface area contributed by atoms with Gasteiger partial charge in [-0.25, -0.2) is 0 Å². The molecular formula is C15H20ClN3O. The minimum absolute atomic E-state index is 0.0494. The highest BCUT2D eigenvalue weighted by Crippen LogP contribution is 2.20. The van der Waals surface area contributed by atoms with Crippen molar-refractivity contribution in [2.24, 2.45) is 11.7 Å². The molecule has 0 bridgehead atoms. The number of anilines is 1. The minimum Gasteiger partial charge on any atom is -0.330 e. The van der Waals surface area contributed by atoms with Crippen LogP contribution in [0.4, 0.5) is 5.69 Å². The Labute approximate surface area is 124 Å². The monoisotopic (exact) mass is 293 g/mol. The molecule has 0 radical (unpaired) electrons. The number of nitrogens with zero attached hydrogens (tertiary/aromatic N) is 1. The predicted molar refractivity (Wildman–Crippen MR) is 81.5 cm³/mol. The van der Waals surface area contributed by atoms with Gasteiger partial charge in [0, 0.05) is 12.1 Å². The lowest BCUT2D eigenvalue weighted by Crippen LogP contribution is -2.15. The second-order valence-corrected chi connectivity index (χ2v) is 5.15. The number of carbonyl (C=O) groups excluding carboxylic acids is 1. The molecule has 108 valence electrons. The summed E-state index contributed by atoms with van der Waals surface area (Å²) in [6.07, 6.45) is 3.27. The maximum Gasteiger partial charge on any atom is 0.224 e. The molecule has 5 heteroatoms. The maximum absolute atomic E-state index is 11.9. The highest BCUT2D eigenvalue weighted by Gasteiger charge is 2.10. The van der Waals surface area contributed by atoms with E-state index in [4.69, 9.17) is 22.6 Å². The fourth-order valence-electron chi connectivity index (χ4n) is 2.04. The summed E-state index contributed by atoms with van der Waals surface area (Å²) in [6.45, 7) is 2.76. The van der Waals surface area contributed by atoms with E-state index < -0.39 is 0 Å². The molecule has 0 fully saturated rings. The number of nitriles is 1. The summed E-state index contributed by atoms with van der Waals surface area (Å²) < 4.78 is 0. The standard InChI is InChI=1S/C15H20ClN3O/c1-2-11(7-8-17)3-6-15(20)19-13-4-5-14(16)12(9-13)10-18/h4-5,9,11H,2-3,6-8,17H2,1H3,(H,19,20). The van der Waals surface area contributed by atoms with E-state index in [0.29, 0.717) is 35.2 Å². The zero-order valence-electron chi connectivity index (χ0n) is 11.7. The van der Waals surface area contributed by atoms with E-state index in [1.54, 1.807) is 18.2 Å². The summed E-state index contributed by atoms with van der Waals surface area (Å²) in [7, 11) is 0. The van der Waals surface area contributed by atoms with Crippen molar-refractivity contribution in [1.82, 2.24) is 0 Å². The molecule has 0 aromatic heterocycles. The number of nitrogens with one attached hydrogen (secondary N) is 1. The quantitative estimate of drug-likeness (QED) is 0.809. The molecule has 0 saturated carbocycles. The number of carbonyl (C=O) groups is 1. The summed E-state index contributed by atoms with van der Waals surface area (Å²) >= 11 is 5.84. The molecule has 1 aromatic rings. The number of hydrogen-bond acceptors (Lipinski definition) is 3. The fraction of sp³-hybridized carbons (Fsp3) is 0.467. The van der Waals surface area contributed by atoms with Gasteiger partial charge in [-0.05, 0) is 43.5 Å². The van der Waals surface area contributed by atoms with Crippen molar-refractivity contribution in [2.75, 3.05) is 11.9 Å². The summed E-state index contributed by atoms with van der Waals surface area (Å²) in [6, 6.07) is 6.87. The number of hydrogen-bond donors (Lipinski definition) is 2. The molecule has 1 rings (SSSR count). The topological polar surface area (TPSA) is 78.9 Å². The van der Waals surface area contributed by atoms with Crippen molar-refractivity contribution in [3.63, 3.8) is 0 Å². The highest BCUT2D eigenvalue weighted by atomic mass is 35.5. The molecule has 0 aliphatic carbocycles. The van der Waals surface area contributed by atoms with E-state index in [1.165, 1.54) is 0 Å². The molecule has 0 aliphatic heterocycles. The molecule has 0 aliphatic rings. The molecule has 1 amide bonds. The Morgan fingerprint density at radius 1 is 1.50 bits per heavy atom. The van der Waals surface area contributed by atoms with Crippen molar-refractivity contribution >= 4 is 23.2 Å². The zero-order chi connectivity index (χ0) is 15.0. The molecule has 0 spiro atoms.